The molecule has 0 fully saturated rings. The fraction of sp³-hybridized carbons (Fsp3) is 0.588. The van der Waals surface area contributed by atoms with E-state index in [-0.39, 0.29) is 11.9 Å². The molecule has 4 nitrogen and oxygen atoms in total. The monoisotopic (exact) mass is 291 g/mol. The molecule has 0 bridgehead atoms. The smallest absolute Gasteiger partial charge is 0.251 e. The second-order valence-corrected chi connectivity index (χ2v) is 5.92. The fourth-order valence-electron chi connectivity index (χ4n) is 2.09. The first-order valence-corrected chi connectivity index (χ1v) is 7.74. The summed E-state index contributed by atoms with van der Waals surface area (Å²) >= 11 is 0. The molecule has 1 unspecified atom stereocenters. The average molecular weight is 291 g/mol. The van der Waals surface area contributed by atoms with Crippen molar-refractivity contribution in [1.82, 2.24) is 10.2 Å². The minimum atomic E-state index is 0.00592. The van der Waals surface area contributed by atoms with Gasteiger partial charge >= 0.3 is 0 Å². The molecule has 118 valence electrons. The van der Waals surface area contributed by atoms with E-state index in [1.807, 2.05) is 46.1 Å². The van der Waals surface area contributed by atoms with Crippen molar-refractivity contribution in [3.63, 3.8) is 0 Å². The van der Waals surface area contributed by atoms with Gasteiger partial charge in [0.25, 0.3) is 5.91 Å². The van der Waals surface area contributed by atoms with Gasteiger partial charge in [-0.1, -0.05) is 6.92 Å². The quantitative estimate of drug-likeness (QED) is 0.774. The number of hydrogen-bond donors (Lipinski definition) is 2. The zero-order chi connectivity index (χ0) is 15.8. The van der Waals surface area contributed by atoms with Crippen molar-refractivity contribution in [1.29, 1.82) is 0 Å². The van der Waals surface area contributed by atoms with E-state index in [9.17, 15) is 4.79 Å². The minimum Gasteiger partial charge on any atom is -0.385 e. The molecule has 1 aromatic carbocycles. The number of aryl methyl sites for hydroxylation is 1. The second-order valence-electron chi connectivity index (χ2n) is 5.92. The number of anilines is 1. The summed E-state index contributed by atoms with van der Waals surface area (Å²) < 4.78 is 0. The molecule has 0 heterocycles. The molecule has 1 aromatic rings. The van der Waals surface area contributed by atoms with Crippen LogP contribution in [0.1, 0.15) is 42.6 Å². The van der Waals surface area contributed by atoms with Crippen LogP contribution in [-0.2, 0) is 0 Å². The number of rotatable bonds is 8. The van der Waals surface area contributed by atoms with E-state index in [1.54, 1.807) is 0 Å². The minimum absolute atomic E-state index is 0.00592. The molecule has 0 aliphatic rings. The molecule has 0 spiro atoms. The Bertz CT molecular complexity index is 457. The van der Waals surface area contributed by atoms with Crippen molar-refractivity contribution < 1.29 is 4.79 Å². The highest BCUT2D eigenvalue weighted by molar-refractivity contribution is 5.95. The summed E-state index contributed by atoms with van der Waals surface area (Å²) in [5.41, 5.74) is 2.94. The summed E-state index contributed by atoms with van der Waals surface area (Å²) in [6, 6.07) is 6.01. The molecule has 1 rings (SSSR count). The highest BCUT2D eigenvalue weighted by Crippen LogP contribution is 2.16. The third-order valence-electron chi connectivity index (χ3n) is 3.44. The number of carbonyl (C=O) groups is 1. The zero-order valence-corrected chi connectivity index (χ0v) is 14.0. The Labute approximate surface area is 128 Å². The van der Waals surface area contributed by atoms with Crippen LogP contribution in [0.15, 0.2) is 18.2 Å². The molecule has 0 saturated carbocycles. The van der Waals surface area contributed by atoms with Gasteiger partial charge in [0.05, 0.1) is 0 Å². The summed E-state index contributed by atoms with van der Waals surface area (Å²) in [5.74, 6) is 0.00592. The number of nitrogens with zero attached hydrogens (tertiary/aromatic N) is 1. The highest BCUT2D eigenvalue weighted by atomic mass is 16.1. The van der Waals surface area contributed by atoms with Gasteiger partial charge in [0, 0.05) is 23.8 Å². The van der Waals surface area contributed by atoms with Crippen molar-refractivity contribution in [3.8, 4) is 0 Å². The van der Waals surface area contributed by atoms with Crippen LogP contribution in [0.25, 0.3) is 0 Å². The van der Waals surface area contributed by atoms with E-state index >= 15 is 0 Å². The molecular weight excluding hydrogens is 262 g/mol. The first-order valence-electron chi connectivity index (χ1n) is 7.74. The lowest BCUT2D eigenvalue weighted by Crippen LogP contribution is -2.34. The topological polar surface area (TPSA) is 44.4 Å². The van der Waals surface area contributed by atoms with E-state index in [0.29, 0.717) is 0 Å². The molecule has 1 amide bonds. The largest absolute Gasteiger partial charge is 0.385 e. The Balaban J connectivity index is 2.60. The van der Waals surface area contributed by atoms with Gasteiger partial charge in [0.15, 0.2) is 0 Å². The van der Waals surface area contributed by atoms with E-state index in [0.717, 1.165) is 42.7 Å². The molecule has 1 atom stereocenters. The number of amides is 1. The first-order chi connectivity index (χ1) is 9.93. The summed E-state index contributed by atoms with van der Waals surface area (Å²) in [7, 11) is 4.08. The van der Waals surface area contributed by atoms with Crippen LogP contribution < -0.4 is 10.6 Å². The van der Waals surface area contributed by atoms with Crippen LogP contribution in [0.3, 0.4) is 0 Å². The SMILES string of the molecule is CCCNc1ccc(C(=O)NC(C)CCN(C)C)cc1C. The van der Waals surface area contributed by atoms with Crippen LogP contribution in [0.5, 0.6) is 0 Å². The van der Waals surface area contributed by atoms with Gasteiger partial charge < -0.3 is 15.5 Å². The molecule has 2 N–H and O–H groups in total. The Hall–Kier alpha value is -1.55. The van der Waals surface area contributed by atoms with Gasteiger partial charge in [-0.3, -0.25) is 4.79 Å². The van der Waals surface area contributed by atoms with E-state index < -0.39 is 0 Å². The summed E-state index contributed by atoms with van der Waals surface area (Å²) in [4.78, 5) is 14.4. The first kappa shape index (κ1) is 17.5. The van der Waals surface area contributed by atoms with Crippen molar-refractivity contribution in [2.75, 3.05) is 32.5 Å². The summed E-state index contributed by atoms with van der Waals surface area (Å²) in [6.45, 7) is 8.14. The maximum atomic E-state index is 12.2. The van der Waals surface area contributed by atoms with E-state index in [1.165, 1.54) is 0 Å². The van der Waals surface area contributed by atoms with Gasteiger partial charge in [-0.05, 0) is 71.1 Å². The van der Waals surface area contributed by atoms with Crippen molar-refractivity contribution >= 4 is 11.6 Å². The number of benzene rings is 1. The highest BCUT2D eigenvalue weighted by Gasteiger charge is 2.11. The molecule has 21 heavy (non-hydrogen) atoms. The van der Waals surface area contributed by atoms with E-state index in [4.69, 9.17) is 0 Å². The van der Waals surface area contributed by atoms with Gasteiger partial charge in [-0.25, -0.2) is 0 Å². The van der Waals surface area contributed by atoms with Crippen molar-refractivity contribution in [2.45, 2.75) is 39.7 Å². The van der Waals surface area contributed by atoms with Crippen LogP contribution >= 0.6 is 0 Å². The zero-order valence-electron chi connectivity index (χ0n) is 14.0. The summed E-state index contributed by atoms with van der Waals surface area (Å²) in [5, 5.41) is 6.42. The van der Waals surface area contributed by atoms with Gasteiger partial charge in [0.1, 0.15) is 0 Å². The van der Waals surface area contributed by atoms with Crippen LogP contribution in [0.4, 0.5) is 5.69 Å². The molecule has 0 aromatic heterocycles. The molecule has 0 aliphatic heterocycles. The van der Waals surface area contributed by atoms with Gasteiger partial charge in [-0.2, -0.15) is 0 Å². The lowest BCUT2D eigenvalue weighted by molar-refractivity contribution is 0.0936. The molecule has 0 radical (unpaired) electrons. The second kappa shape index (κ2) is 8.67. The summed E-state index contributed by atoms with van der Waals surface area (Å²) in [6.07, 6.45) is 2.04. The third kappa shape index (κ3) is 6.17. The average Bonchev–Trinajstić information content (AvgIpc) is 2.43. The Morgan fingerprint density at radius 2 is 2.05 bits per heavy atom. The normalized spacial score (nSPS) is 12.3. The number of nitrogens with one attached hydrogen (secondary N) is 2. The fourth-order valence-corrected chi connectivity index (χ4v) is 2.09. The van der Waals surface area contributed by atoms with Crippen LogP contribution in [0.2, 0.25) is 0 Å². The Morgan fingerprint density at radius 1 is 1.33 bits per heavy atom. The molecular formula is C17H29N3O. The lowest BCUT2D eigenvalue weighted by Gasteiger charge is -2.17. The van der Waals surface area contributed by atoms with Crippen LogP contribution in [-0.4, -0.2) is 44.0 Å². The Morgan fingerprint density at radius 3 is 2.62 bits per heavy atom. The maximum absolute atomic E-state index is 12.2. The Kier molecular flexibility index (Phi) is 7.23. The standard InChI is InChI=1S/C17H29N3O/c1-6-10-18-16-8-7-15(12-13(16)2)17(21)19-14(3)9-11-20(4)5/h7-8,12,14,18H,6,9-11H2,1-5H3,(H,19,21). The third-order valence-corrected chi connectivity index (χ3v) is 3.44. The van der Waals surface area contributed by atoms with Crippen molar-refractivity contribution in [3.05, 3.63) is 29.3 Å². The molecule has 0 saturated heterocycles. The van der Waals surface area contributed by atoms with Gasteiger partial charge in [0.2, 0.25) is 0 Å². The van der Waals surface area contributed by atoms with E-state index in [2.05, 4.69) is 22.5 Å². The predicted molar refractivity (Wildman–Crippen MR) is 90.1 cm³/mol. The van der Waals surface area contributed by atoms with Crippen LogP contribution in [0, 0.1) is 6.92 Å². The van der Waals surface area contributed by atoms with Crippen molar-refractivity contribution in [2.24, 2.45) is 0 Å². The molecule has 0 aliphatic carbocycles. The number of hydrogen-bond acceptors (Lipinski definition) is 3. The lowest BCUT2D eigenvalue weighted by atomic mass is 10.1. The maximum Gasteiger partial charge on any atom is 0.251 e. The molecule has 4 heteroatoms. The number of carbonyl (C=O) groups excluding carboxylic acids is 1. The van der Waals surface area contributed by atoms with Gasteiger partial charge in [-0.15, -0.1) is 0 Å². The predicted octanol–water partition coefficient (Wildman–Crippen LogP) is 2.89.